The van der Waals surface area contributed by atoms with E-state index in [-0.39, 0.29) is 5.75 Å². The first-order valence-corrected chi connectivity index (χ1v) is 7.10. The van der Waals surface area contributed by atoms with Gasteiger partial charge < -0.3 is 10.1 Å². The van der Waals surface area contributed by atoms with Crippen molar-refractivity contribution in [2.75, 3.05) is 6.54 Å². The molecule has 0 fully saturated rings. The predicted molar refractivity (Wildman–Crippen MR) is 79.9 cm³/mol. The lowest BCUT2D eigenvalue weighted by molar-refractivity contribution is 0.461. The van der Waals surface area contributed by atoms with Crippen LogP contribution in [0.4, 0.5) is 8.78 Å². The molecule has 2 rings (SSSR count). The van der Waals surface area contributed by atoms with Gasteiger partial charge in [-0.15, -0.1) is 0 Å². The van der Waals surface area contributed by atoms with Crippen LogP contribution in [0, 0.1) is 11.6 Å². The summed E-state index contributed by atoms with van der Waals surface area (Å²) in [4.78, 5) is 0. The van der Waals surface area contributed by atoms with Crippen LogP contribution in [-0.2, 0) is 6.54 Å². The van der Waals surface area contributed by atoms with Gasteiger partial charge in [-0.1, -0.05) is 24.6 Å². The Morgan fingerprint density at radius 2 is 1.90 bits per heavy atom. The highest BCUT2D eigenvalue weighted by molar-refractivity contribution is 6.32. The maximum absolute atomic E-state index is 13.1. The lowest BCUT2D eigenvalue weighted by Gasteiger charge is -2.10. The van der Waals surface area contributed by atoms with Crippen molar-refractivity contribution in [2.45, 2.75) is 19.9 Å². The quantitative estimate of drug-likeness (QED) is 0.765. The molecule has 0 aromatic heterocycles. The van der Waals surface area contributed by atoms with Crippen LogP contribution >= 0.6 is 11.6 Å². The summed E-state index contributed by atoms with van der Waals surface area (Å²) >= 11 is 6.14. The fourth-order valence-corrected chi connectivity index (χ4v) is 2.06. The normalized spacial score (nSPS) is 10.7. The molecule has 0 atom stereocenters. The second-order valence-corrected chi connectivity index (χ2v) is 5.03. The minimum atomic E-state index is -0.955. The predicted octanol–water partition coefficient (Wildman–Crippen LogP) is 4.91. The zero-order valence-corrected chi connectivity index (χ0v) is 12.4. The standard InChI is InChI=1S/C16H16ClF2NO/c1-2-7-20-10-11-3-6-16(13(17)8-11)21-12-4-5-14(18)15(19)9-12/h3-6,8-9,20H,2,7,10H2,1H3. The first-order chi connectivity index (χ1) is 10.1. The Balaban J connectivity index is 2.08. The second kappa shape index (κ2) is 7.38. The van der Waals surface area contributed by atoms with Crippen molar-refractivity contribution >= 4 is 11.6 Å². The Morgan fingerprint density at radius 1 is 1.10 bits per heavy atom. The molecule has 112 valence electrons. The van der Waals surface area contributed by atoms with Gasteiger partial charge in [0.1, 0.15) is 11.5 Å². The van der Waals surface area contributed by atoms with Crippen LogP contribution in [0.2, 0.25) is 5.02 Å². The van der Waals surface area contributed by atoms with Gasteiger partial charge >= 0.3 is 0 Å². The summed E-state index contributed by atoms with van der Waals surface area (Å²) < 4.78 is 31.4. The van der Waals surface area contributed by atoms with E-state index < -0.39 is 11.6 Å². The molecule has 5 heteroatoms. The number of halogens is 3. The van der Waals surface area contributed by atoms with E-state index in [9.17, 15) is 8.78 Å². The van der Waals surface area contributed by atoms with Crippen molar-refractivity contribution in [1.29, 1.82) is 0 Å². The molecule has 0 aliphatic heterocycles. The zero-order chi connectivity index (χ0) is 15.2. The maximum atomic E-state index is 13.1. The zero-order valence-electron chi connectivity index (χ0n) is 11.6. The molecule has 0 saturated carbocycles. The molecule has 0 spiro atoms. The van der Waals surface area contributed by atoms with Gasteiger partial charge in [-0.05, 0) is 42.8 Å². The van der Waals surface area contributed by atoms with Crippen LogP contribution in [0.5, 0.6) is 11.5 Å². The molecule has 0 saturated heterocycles. The maximum Gasteiger partial charge on any atom is 0.162 e. The molecule has 0 bridgehead atoms. The summed E-state index contributed by atoms with van der Waals surface area (Å²) in [6, 6.07) is 8.74. The number of benzene rings is 2. The summed E-state index contributed by atoms with van der Waals surface area (Å²) in [6.45, 7) is 3.75. The van der Waals surface area contributed by atoms with Crippen LogP contribution in [0.3, 0.4) is 0 Å². The van der Waals surface area contributed by atoms with Gasteiger partial charge in [0.25, 0.3) is 0 Å². The molecule has 2 nitrogen and oxygen atoms in total. The minimum Gasteiger partial charge on any atom is -0.456 e. The van der Waals surface area contributed by atoms with Crippen molar-refractivity contribution in [3.8, 4) is 11.5 Å². The summed E-state index contributed by atoms with van der Waals surface area (Å²) in [6.07, 6.45) is 1.06. The number of rotatable bonds is 6. The highest BCUT2D eigenvalue weighted by Crippen LogP contribution is 2.30. The molecular formula is C16H16ClF2NO. The molecule has 0 amide bonds. The highest BCUT2D eigenvalue weighted by Gasteiger charge is 2.07. The largest absolute Gasteiger partial charge is 0.456 e. The van der Waals surface area contributed by atoms with E-state index >= 15 is 0 Å². The van der Waals surface area contributed by atoms with Gasteiger partial charge in [-0.2, -0.15) is 0 Å². The fraction of sp³-hybridized carbons (Fsp3) is 0.250. The van der Waals surface area contributed by atoms with E-state index in [1.165, 1.54) is 6.07 Å². The van der Waals surface area contributed by atoms with Crippen molar-refractivity contribution < 1.29 is 13.5 Å². The van der Waals surface area contributed by atoms with E-state index in [1.807, 2.05) is 6.07 Å². The Labute approximate surface area is 127 Å². The third-order valence-corrected chi connectivity index (χ3v) is 3.17. The Kier molecular flexibility index (Phi) is 5.53. The van der Waals surface area contributed by atoms with E-state index in [1.54, 1.807) is 12.1 Å². The lowest BCUT2D eigenvalue weighted by atomic mass is 10.2. The molecule has 0 radical (unpaired) electrons. The highest BCUT2D eigenvalue weighted by atomic mass is 35.5. The fourth-order valence-electron chi connectivity index (χ4n) is 1.81. The van der Waals surface area contributed by atoms with Crippen LogP contribution < -0.4 is 10.1 Å². The SMILES string of the molecule is CCCNCc1ccc(Oc2ccc(F)c(F)c2)c(Cl)c1. The van der Waals surface area contributed by atoms with Crippen molar-refractivity contribution in [3.63, 3.8) is 0 Å². The van der Waals surface area contributed by atoms with Crippen molar-refractivity contribution in [1.82, 2.24) is 5.32 Å². The third kappa shape index (κ3) is 4.41. The smallest absolute Gasteiger partial charge is 0.162 e. The van der Waals surface area contributed by atoms with Crippen molar-refractivity contribution in [3.05, 3.63) is 58.6 Å². The van der Waals surface area contributed by atoms with Crippen molar-refractivity contribution in [2.24, 2.45) is 0 Å². The molecule has 2 aromatic carbocycles. The summed E-state index contributed by atoms with van der Waals surface area (Å²) in [5.74, 6) is -1.26. The molecule has 0 aliphatic rings. The number of nitrogens with one attached hydrogen (secondary N) is 1. The molecule has 21 heavy (non-hydrogen) atoms. The summed E-state index contributed by atoms with van der Waals surface area (Å²) in [5.41, 5.74) is 1.03. The molecule has 0 heterocycles. The van der Waals surface area contributed by atoms with Crippen LogP contribution in [0.1, 0.15) is 18.9 Å². The minimum absolute atomic E-state index is 0.202. The first kappa shape index (κ1) is 15.7. The van der Waals surface area contributed by atoms with Gasteiger partial charge in [-0.3, -0.25) is 0 Å². The Bertz CT molecular complexity index is 619. The van der Waals surface area contributed by atoms with Crippen LogP contribution in [-0.4, -0.2) is 6.54 Å². The van der Waals surface area contributed by atoms with E-state index in [4.69, 9.17) is 16.3 Å². The first-order valence-electron chi connectivity index (χ1n) is 6.72. The molecular weight excluding hydrogens is 296 g/mol. The number of hydrogen-bond donors (Lipinski definition) is 1. The number of ether oxygens (including phenoxy) is 1. The van der Waals surface area contributed by atoms with E-state index in [2.05, 4.69) is 12.2 Å². The van der Waals surface area contributed by atoms with E-state index in [0.29, 0.717) is 10.8 Å². The average Bonchev–Trinajstić information content (AvgIpc) is 2.46. The molecule has 2 aromatic rings. The lowest BCUT2D eigenvalue weighted by Crippen LogP contribution is -2.13. The van der Waals surface area contributed by atoms with Gasteiger partial charge in [0.2, 0.25) is 0 Å². The topological polar surface area (TPSA) is 21.3 Å². The number of hydrogen-bond acceptors (Lipinski definition) is 2. The van der Waals surface area contributed by atoms with Crippen LogP contribution in [0.15, 0.2) is 36.4 Å². The second-order valence-electron chi connectivity index (χ2n) is 4.62. The summed E-state index contributed by atoms with van der Waals surface area (Å²) in [5, 5.41) is 3.70. The average molecular weight is 312 g/mol. The third-order valence-electron chi connectivity index (χ3n) is 2.87. The Hall–Kier alpha value is -1.65. The summed E-state index contributed by atoms with van der Waals surface area (Å²) in [7, 11) is 0. The molecule has 1 N–H and O–H groups in total. The molecule has 0 aliphatic carbocycles. The van der Waals surface area contributed by atoms with E-state index in [0.717, 1.165) is 37.2 Å². The van der Waals surface area contributed by atoms with Gasteiger partial charge in [-0.25, -0.2) is 8.78 Å². The Morgan fingerprint density at radius 3 is 2.57 bits per heavy atom. The van der Waals surface area contributed by atoms with Gasteiger partial charge in [0, 0.05) is 12.6 Å². The van der Waals surface area contributed by atoms with Gasteiger partial charge in [0.15, 0.2) is 11.6 Å². The van der Waals surface area contributed by atoms with Gasteiger partial charge in [0.05, 0.1) is 5.02 Å². The monoisotopic (exact) mass is 311 g/mol. The molecule has 0 unspecified atom stereocenters. The van der Waals surface area contributed by atoms with Crippen LogP contribution in [0.25, 0.3) is 0 Å².